The topological polar surface area (TPSA) is 49.4 Å². The van der Waals surface area contributed by atoms with Crippen molar-refractivity contribution >= 4 is 33.4 Å². The number of piperazine rings is 1. The SMILES string of the molecule is CC1C(=O)NC(C2CC2)C(=O)N1c1ccc(Br)cc1. The van der Waals surface area contributed by atoms with E-state index < -0.39 is 6.04 Å². The summed E-state index contributed by atoms with van der Waals surface area (Å²) in [7, 11) is 0. The van der Waals surface area contributed by atoms with Gasteiger partial charge >= 0.3 is 0 Å². The van der Waals surface area contributed by atoms with Crippen LogP contribution in [0.1, 0.15) is 19.8 Å². The minimum Gasteiger partial charge on any atom is -0.342 e. The van der Waals surface area contributed by atoms with E-state index in [1.165, 1.54) is 0 Å². The molecular weight excluding hydrogens is 308 g/mol. The summed E-state index contributed by atoms with van der Waals surface area (Å²) < 4.78 is 0.955. The van der Waals surface area contributed by atoms with Crippen LogP contribution in [-0.2, 0) is 9.59 Å². The highest BCUT2D eigenvalue weighted by Crippen LogP contribution is 2.36. The first-order valence-corrected chi connectivity index (χ1v) is 7.26. The van der Waals surface area contributed by atoms with Crippen LogP contribution in [0.25, 0.3) is 0 Å². The van der Waals surface area contributed by atoms with Crippen molar-refractivity contribution < 1.29 is 9.59 Å². The summed E-state index contributed by atoms with van der Waals surface area (Å²) in [5, 5.41) is 2.85. The quantitative estimate of drug-likeness (QED) is 0.906. The number of anilines is 1. The molecule has 100 valence electrons. The van der Waals surface area contributed by atoms with E-state index in [-0.39, 0.29) is 17.9 Å². The van der Waals surface area contributed by atoms with Gasteiger partial charge in [-0.05, 0) is 49.9 Å². The van der Waals surface area contributed by atoms with Crippen LogP contribution >= 0.6 is 15.9 Å². The van der Waals surface area contributed by atoms with Crippen molar-refractivity contribution in [3.63, 3.8) is 0 Å². The van der Waals surface area contributed by atoms with Crippen molar-refractivity contribution in [2.75, 3.05) is 4.90 Å². The average Bonchev–Trinajstić information content (AvgIpc) is 3.21. The zero-order valence-corrected chi connectivity index (χ0v) is 12.2. The van der Waals surface area contributed by atoms with Crippen molar-refractivity contribution in [2.45, 2.75) is 31.8 Å². The summed E-state index contributed by atoms with van der Waals surface area (Å²) in [4.78, 5) is 26.2. The molecule has 3 rings (SSSR count). The van der Waals surface area contributed by atoms with Gasteiger partial charge in [0, 0.05) is 10.2 Å². The van der Waals surface area contributed by atoms with E-state index in [1.807, 2.05) is 24.3 Å². The molecule has 5 heteroatoms. The van der Waals surface area contributed by atoms with Gasteiger partial charge in [0.15, 0.2) is 0 Å². The van der Waals surface area contributed by atoms with Crippen LogP contribution in [0.5, 0.6) is 0 Å². The van der Waals surface area contributed by atoms with Crippen molar-refractivity contribution in [2.24, 2.45) is 5.92 Å². The minimum absolute atomic E-state index is 0.0110. The summed E-state index contributed by atoms with van der Waals surface area (Å²) in [6, 6.07) is 6.69. The first-order valence-electron chi connectivity index (χ1n) is 6.47. The van der Waals surface area contributed by atoms with Crippen molar-refractivity contribution in [3.8, 4) is 0 Å². The molecule has 1 aromatic rings. The molecule has 1 heterocycles. The third-order valence-electron chi connectivity index (χ3n) is 3.77. The molecule has 2 aliphatic rings. The lowest BCUT2D eigenvalue weighted by Gasteiger charge is -2.37. The number of carbonyl (C=O) groups is 2. The summed E-state index contributed by atoms with van der Waals surface area (Å²) in [6.45, 7) is 1.76. The number of halogens is 1. The fourth-order valence-corrected chi connectivity index (χ4v) is 2.76. The predicted octanol–water partition coefficient (Wildman–Crippen LogP) is 2.08. The fourth-order valence-electron chi connectivity index (χ4n) is 2.50. The van der Waals surface area contributed by atoms with Crippen molar-refractivity contribution in [3.05, 3.63) is 28.7 Å². The number of hydrogen-bond donors (Lipinski definition) is 1. The Hall–Kier alpha value is -1.36. The molecule has 2 fully saturated rings. The first-order chi connectivity index (χ1) is 9.08. The van der Waals surface area contributed by atoms with Crippen LogP contribution in [0.15, 0.2) is 28.7 Å². The monoisotopic (exact) mass is 322 g/mol. The van der Waals surface area contributed by atoms with E-state index in [2.05, 4.69) is 21.2 Å². The van der Waals surface area contributed by atoms with Crippen molar-refractivity contribution in [1.82, 2.24) is 5.32 Å². The van der Waals surface area contributed by atoms with Gasteiger partial charge in [0.2, 0.25) is 5.91 Å². The number of rotatable bonds is 2. The number of nitrogens with one attached hydrogen (secondary N) is 1. The summed E-state index contributed by atoms with van der Waals surface area (Å²) in [6.07, 6.45) is 2.05. The summed E-state index contributed by atoms with van der Waals surface area (Å²) in [5.41, 5.74) is 0.779. The van der Waals surface area contributed by atoms with Gasteiger partial charge in [0.1, 0.15) is 12.1 Å². The molecule has 19 heavy (non-hydrogen) atoms. The zero-order chi connectivity index (χ0) is 13.6. The van der Waals surface area contributed by atoms with Gasteiger partial charge in [0.05, 0.1) is 0 Å². The van der Waals surface area contributed by atoms with E-state index in [1.54, 1.807) is 11.8 Å². The molecule has 1 aliphatic heterocycles. The Kier molecular flexibility index (Phi) is 3.09. The second-order valence-corrected chi connectivity index (χ2v) is 6.10. The second kappa shape index (κ2) is 4.63. The summed E-state index contributed by atoms with van der Waals surface area (Å²) >= 11 is 3.37. The largest absolute Gasteiger partial charge is 0.342 e. The molecule has 0 radical (unpaired) electrons. The van der Waals surface area contributed by atoms with Crippen molar-refractivity contribution in [1.29, 1.82) is 0 Å². The highest BCUT2D eigenvalue weighted by molar-refractivity contribution is 9.10. The minimum atomic E-state index is -0.455. The Morgan fingerprint density at radius 1 is 1.21 bits per heavy atom. The van der Waals surface area contributed by atoms with Gasteiger partial charge in [-0.2, -0.15) is 0 Å². The standard InChI is InChI=1S/C14H15BrN2O2/c1-8-13(18)16-12(9-2-3-9)14(19)17(8)11-6-4-10(15)5-7-11/h4-9,12H,2-3H2,1H3,(H,16,18). The lowest BCUT2D eigenvalue weighted by molar-refractivity contribution is -0.133. The number of amides is 2. The van der Waals surface area contributed by atoms with Gasteiger partial charge in [-0.3, -0.25) is 14.5 Å². The molecule has 1 aliphatic carbocycles. The second-order valence-electron chi connectivity index (χ2n) is 5.18. The molecular formula is C14H15BrN2O2. The molecule has 0 bridgehead atoms. The Morgan fingerprint density at radius 3 is 2.42 bits per heavy atom. The Labute approximate surface area is 120 Å². The van der Waals surface area contributed by atoms with E-state index >= 15 is 0 Å². The van der Waals surface area contributed by atoms with Gasteiger partial charge in [0.25, 0.3) is 5.91 Å². The number of hydrogen-bond acceptors (Lipinski definition) is 2. The van der Waals surface area contributed by atoms with E-state index in [9.17, 15) is 9.59 Å². The highest BCUT2D eigenvalue weighted by atomic mass is 79.9. The molecule has 1 N–H and O–H groups in total. The van der Waals surface area contributed by atoms with Gasteiger partial charge in [-0.25, -0.2) is 0 Å². The average molecular weight is 323 g/mol. The predicted molar refractivity (Wildman–Crippen MR) is 75.7 cm³/mol. The van der Waals surface area contributed by atoms with Gasteiger partial charge < -0.3 is 5.32 Å². The maximum absolute atomic E-state index is 12.5. The maximum Gasteiger partial charge on any atom is 0.250 e. The maximum atomic E-state index is 12.5. The molecule has 2 unspecified atom stereocenters. The molecule has 1 saturated carbocycles. The molecule has 2 atom stereocenters. The van der Waals surface area contributed by atoms with E-state index in [0.717, 1.165) is 23.0 Å². The Balaban J connectivity index is 1.93. The van der Waals surface area contributed by atoms with Crippen LogP contribution in [0.3, 0.4) is 0 Å². The lowest BCUT2D eigenvalue weighted by atomic mass is 10.0. The van der Waals surface area contributed by atoms with Crippen LogP contribution in [0.4, 0.5) is 5.69 Å². The number of benzene rings is 1. The third-order valence-corrected chi connectivity index (χ3v) is 4.29. The third kappa shape index (κ3) is 2.27. The highest BCUT2D eigenvalue weighted by Gasteiger charge is 2.45. The Bertz CT molecular complexity index is 525. The molecule has 1 aromatic carbocycles. The zero-order valence-electron chi connectivity index (χ0n) is 10.6. The molecule has 2 amide bonds. The van der Waals surface area contributed by atoms with Crippen LogP contribution in [0, 0.1) is 5.92 Å². The van der Waals surface area contributed by atoms with Crippen LogP contribution in [0.2, 0.25) is 0 Å². The van der Waals surface area contributed by atoms with E-state index in [4.69, 9.17) is 0 Å². The molecule has 0 aromatic heterocycles. The Morgan fingerprint density at radius 2 is 1.84 bits per heavy atom. The number of nitrogens with zero attached hydrogens (tertiary/aromatic N) is 1. The molecule has 4 nitrogen and oxygen atoms in total. The first kappa shape index (κ1) is 12.7. The molecule has 1 saturated heterocycles. The van der Waals surface area contributed by atoms with Gasteiger partial charge in [-0.1, -0.05) is 15.9 Å². The normalized spacial score (nSPS) is 27.4. The lowest BCUT2D eigenvalue weighted by Crippen LogP contribution is -2.63. The summed E-state index contributed by atoms with van der Waals surface area (Å²) in [5.74, 6) is 0.262. The van der Waals surface area contributed by atoms with E-state index in [0.29, 0.717) is 5.92 Å². The van der Waals surface area contributed by atoms with Crippen LogP contribution in [-0.4, -0.2) is 23.9 Å². The fraction of sp³-hybridized carbons (Fsp3) is 0.429. The van der Waals surface area contributed by atoms with Gasteiger partial charge in [-0.15, -0.1) is 0 Å². The number of carbonyl (C=O) groups excluding carboxylic acids is 2. The smallest absolute Gasteiger partial charge is 0.250 e. The van der Waals surface area contributed by atoms with Crippen LogP contribution < -0.4 is 10.2 Å². The molecule has 0 spiro atoms.